The maximum absolute atomic E-state index is 12.4. The summed E-state index contributed by atoms with van der Waals surface area (Å²) in [6, 6.07) is 11.9. The Morgan fingerprint density at radius 3 is 2.67 bits per heavy atom. The first-order chi connectivity index (χ1) is 13.7. The van der Waals surface area contributed by atoms with Gasteiger partial charge in [-0.15, -0.1) is 0 Å². The van der Waals surface area contributed by atoms with E-state index in [4.69, 9.17) is 4.74 Å². The third-order valence-electron chi connectivity index (χ3n) is 4.42. The van der Waals surface area contributed by atoms with Crippen LogP contribution in [0.4, 0.5) is 5.69 Å². The number of amides is 1. The predicted octanol–water partition coefficient (Wildman–Crippen LogP) is 0.528. The highest BCUT2D eigenvalue weighted by molar-refractivity contribution is 7.99. The molecule has 0 radical (unpaired) electrons. The van der Waals surface area contributed by atoms with E-state index in [-0.39, 0.29) is 18.3 Å². The molecular formula is C22H29ClN4O2S. The van der Waals surface area contributed by atoms with Crippen molar-refractivity contribution < 1.29 is 26.4 Å². The van der Waals surface area contributed by atoms with E-state index in [1.54, 1.807) is 18.9 Å². The summed E-state index contributed by atoms with van der Waals surface area (Å²) in [6.45, 7) is 5.45. The van der Waals surface area contributed by atoms with E-state index in [2.05, 4.69) is 16.4 Å². The van der Waals surface area contributed by atoms with E-state index in [0.717, 1.165) is 39.8 Å². The van der Waals surface area contributed by atoms with Crippen LogP contribution in [-0.4, -0.2) is 55.4 Å². The lowest BCUT2D eigenvalue weighted by atomic mass is 10.1. The van der Waals surface area contributed by atoms with Crippen molar-refractivity contribution in [1.29, 1.82) is 5.26 Å². The number of carbonyl (C=O) groups excluding carboxylic acids is 1. The largest absolute Gasteiger partial charge is 1.00 e. The van der Waals surface area contributed by atoms with Gasteiger partial charge in [0.05, 0.1) is 32.8 Å². The van der Waals surface area contributed by atoms with Gasteiger partial charge in [0, 0.05) is 24.2 Å². The van der Waals surface area contributed by atoms with Gasteiger partial charge in [-0.05, 0) is 43.2 Å². The van der Waals surface area contributed by atoms with Crippen molar-refractivity contribution in [2.45, 2.75) is 25.5 Å². The third kappa shape index (κ3) is 7.96. The van der Waals surface area contributed by atoms with Crippen molar-refractivity contribution >= 4 is 23.4 Å². The molecule has 1 heterocycles. The minimum atomic E-state index is -0.0145. The lowest BCUT2D eigenvalue weighted by Crippen LogP contribution is -3.00. The van der Waals surface area contributed by atoms with Crippen molar-refractivity contribution in [3.05, 3.63) is 52.7 Å². The molecule has 0 spiro atoms. The number of quaternary nitrogens is 1. The summed E-state index contributed by atoms with van der Waals surface area (Å²) in [5, 5.41) is 13.2. The summed E-state index contributed by atoms with van der Waals surface area (Å²) >= 11 is 1.55. The molecule has 1 aromatic carbocycles. The number of aryl methyl sites for hydroxylation is 2. The highest BCUT2D eigenvalue weighted by Gasteiger charge is 2.21. The van der Waals surface area contributed by atoms with Crippen LogP contribution in [0.25, 0.3) is 0 Å². The molecule has 30 heavy (non-hydrogen) atoms. The fourth-order valence-corrected chi connectivity index (χ4v) is 4.29. The number of nitrogens with one attached hydrogen (secondary N) is 1. The minimum absolute atomic E-state index is 0. The molecular weight excluding hydrogens is 420 g/mol. The van der Waals surface area contributed by atoms with Gasteiger partial charge in [0.2, 0.25) is 0 Å². The molecule has 1 aromatic heterocycles. The van der Waals surface area contributed by atoms with E-state index < -0.39 is 0 Å². The Kier molecular flexibility index (Phi) is 10.3. The maximum atomic E-state index is 12.4. The summed E-state index contributed by atoms with van der Waals surface area (Å²) in [5.74, 6) is 0.738. The second kappa shape index (κ2) is 11.9. The fourth-order valence-electron chi connectivity index (χ4n) is 2.98. The molecule has 0 bridgehead atoms. The lowest BCUT2D eigenvalue weighted by molar-refractivity contribution is -0.879. The van der Waals surface area contributed by atoms with Gasteiger partial charge in [0.15, 0.2) is 6.54 Å². The summed E-state index contributed by atoms with van der Waals surface area (Å²) in [4.78, 5) is 17.0. The van der Waals surface area contributed by atoms with Crippen molar-refractivity contribution in [2.75, 3.05) is 45.4 Å². The molecule has 6 nitrogen and oxygen atoms in total. The number of rotatable bonds is 9. The van der Waals surface area contributed by atoms with Crippen LogP contribution in [0.3, 0.4) is 0 Å². The number of carbonyl (C=O) groups is 1. The van der Waals surface area contributed by atoms with Gasteiger partial charge in [-0.3, -0.25) is 4.79 Å². The molecule has 1 amide bonds. The number of halogens is 1. The van der Waals surface area contributed by atoms with Crippen molar-refractivity contribution in [3.63, 3.8) is 0 Å². The number of nitriles is 1. The topological polar surface area (TPSA) is 75.0 Å². The molecule has 2 aromatic rings. The Hall–Kier alpha value is -2.11. The van der Waals surface area contributed by atoms with Gasteiger partial charge in [0.25, 0.3) is 5.91 Å². The summed E-state index contributed by atoms with van der Waals surface area (Å²) < 4.78 is 5.75. The zero-order valence-corrected chi connectivity index (χ0v) is 19.7. The highest BCUT2D eigenvalue weighted by Crippen LogP contribution is 2.25. The monoisotopic (exact) mass is 448 g/mol. The quantitative estimate of drug-likeness (QED) is 0.447. The fraction of sp³-hybridized carbons (Fsp3) is 0.409. The molecule has 0 unspecified atom stereocenters. The Labute approximate surface area is 189 Å². The first kappa shape index (κ1) is 25.9. The average Bonchev–Trinajstić information content (AvgIpc) is 2.61. The Balaban J connectivity index is 0.00000450. The Morgan fingerprint density at radius 1 is 1.30 bits per heavy atom. The Bertz CT molecular complexity index is 912. The number of nitrogens with zero attached hydrogens (tertiary/aromatic N) is 3. The third-order valence-corrected chi connectivity index (χ3v) is 5.37. The maximum Gasteiger partial charge on any atom is 0.279 e. The molecule has 0 aliphatic rings. The minimum Gasteiger partial charge on any atom is -1.00 e. The second-order valence-corrected chi connectivity index (χ2v) is 8.81. The number of thioether (sulfide) groups is 1. The summed E-state index contributed by atoms with van der Waals surface area (Å²) in [5.41, 5.74) is 4.23. The zero-order chi connectivity index (χ0) is 21.4. The normalized spacial score (nSPS) is 10.8. The van der Waals surface area contributed by atoms with E-state index in [0.29, 0.717) is 23.2 Å². The molecule has 2 rings (SSSR count). The standard InChI is InChI=1S/C22H28N4O2S.ClH/c1-16-7-6-8-19(11-16)25-21(27)14-26(3,4)9-10-29-22-20(13-23)18(15-28-5)12-17(2)24-22;/h6-8,11-12H,9-10,14-15H2,1-5H3;1H. The Morgan fingerprint density at radius 2 is 2.03 bits per heavy atom. The van der Waals surface area contributed by atoms with Crippen molar-refractivity contribution in [3.8, 4) is 6.07 Å². The number of hydrogen-bond acceptors (Lipinski definition) is 5. The van der Waals surface area contributed by atoms with Crippen LogP contribution in [0.5, 0.6) is 0 Å². The second-order valence-electron chi connectivity index (χ2n) is 7.73. The van der Waals surface area contributed by atoms with E-state index in [9.17, 15) is 10.1 Å². The van der Waals surface area contributed by atoms with E-state index in [1.807, 2.05) is 58.3 Å². The number of methoxy groups -OCH3 is 1. The van der Waals surface area contributed by atoms with Crippen LogP contribution in [0.15, 0.2) is 35.4 Å². The number of pyridine rings is 1. The van der Waals surface area contributed by atoms with E-state index in [1.165, 1.54) is 0 Å². The van der Waals surface area contributed by atoms with Crippen LogP contribution < -0.4 is 17.7 Å². The molecule has 0 aliphatic carbocycles. The molecule has 0 aliphatic heterocycles. The van der Waals surface area contributed by atoms with Crippen LogP contribution in [0.2, 0.25) is 0 Å². The molecule has 0 saturated carbocycles. The number of anilines is 1. The lowest BCUT2D eigenvalue weighted by Gasteiger charge is -2.28. The molecule has 0 fully saturated rings. The molecule has 0 atom stereocenters. The smallest absolute Gasteiger partial charge is 0.279 e. The number of aromatic nitrogens is 1. The average molecular weight is 449 g/mol. The van der Waals surface area contributed by atoms with Crippen molar-refractivity contribution in [2.24, 2.45) is 0 Å². The van der Waals surface area contributed by atoms with Crippen LogP contribution >= 0.6 is 11.8 Å². The first-order valence-electron chi connectivity index (χ1n) is 9.45. The highest BCUT2D eigenvalue weighted by atomic mass is 35.5. The van der Waals surface area contributed by atoms with Gasteiger partial charge in [-0.1, -0.05) is 23.9 Å². The van der Waals surface area contributed by atoms with Crippen LogP contribution in [0.1, 0.15) is 22.4 Å². The molecule has 1 N–H and O–H groups in total. The van der Waals surface area contributed by atoms with Crippen LogP contribution in [0, 0.1) is 25.2 Å². The molecule has 8 heteroatoms. The summed E-state index contributed by atoms with van der Waals surface area (Å²) in [6.07, 6.45) is 0. The van der Waals surface area contributed by atoms with Gasteiger partial charge in [-0.25, -0.2) is 4.98 Å². The number of ether oxygens (including phenoxy) is 1. The molecule has 0 saturated heterocycles. The predicted molar refractivity (Wildman–Crippen MR) is 117 cm³/mol. The number of likely N-dealkylation sites (N-methyl/N-ethyl adjacent to an activating group) is 1. The van der Waals surface area contributed by atoms with E-state index >= 15 is 0 Å². The first-order valence-corrected chi connectivity index (χ1v) is 10.4. The van der Waals surface area contributed by atoms with Crippen LogP contribution in [-0.2, 0) is 16.1 Å². The van der Waals surface area contributed by atoms with Gasteiger partial charge in [0.1, 0.15) is 11.1 Å². The SMILES string of the molecule is COCc1cc(C)nc(SCC[N+](C)(C)CC(=O)Nc2cccc(C)c2)c1C#N.[Cl-]. The zero-order valence-electron chi connectivity index (χ0n) is 18.2. The number of benzene rings is 1. The van der Waals surface area contributed by atoms with Gasteiger partial charge < -0.3 is 26.9 Å². The van der Waals surface area contributed by atoms with Gasteiger partial charge in [-0.2, -0.15) is 5.26 Å². The van der Waals surface area contributed by atoms with Crippen molar-refractivity contribution in [1.82, 2.24) is 4.98 Å². The molecule has 162 valence electrons. The summed E-state index contributed by atoms with van der Waals surface area (Å²) in [7, 11) is 5.68. The van der Waals surface area contributed by atoms with Gasteiger partial charge >= 0.3 is 0 Å². The number of hydrogen-bond donors (Lipinski definition) is 1.